The van der Waals surface area contributed by atoms with Gasteiger partial charge in [0.1, 0.15) is 5.75 Å². The Labute approximate surface area is 137 Å². The second kappa shape index (κ2) is 7.09. The zero-order valence-corrected chi connectivity index (χ0v) is 13.6. The van der Waals surface area contributed by atoms with Crippen LogP contribution >= 0.6 is 0 Å². The SMILES string of the molecule is CC(=O)C1=CC(C2CCCNC2)CCN=C1c1ccc(O)cc1. The lowest BCUT2D eigenvalue weighted by Crippen LogP contribution is -2.34. The summed E-state index contributed by atoms with van der Waals surface area (Å²) < 4.78 is 0. The molecule has 2 heterocycles. The Morgan fingerprint density at radius 1 is 1.26 bits per heavy atom. The fourth-order valence-electron chi connectivity index (χ4n) is 3.55. The van der Waals surface area contributed by atoms with E-state index in [1.165, 1.54) is 12.8 Å². The van der Waals surface area contributed by atoms with Crippen molar-refractivity contribution in [1.82, 2.24) is 5.32 Å². The maximum absolute atomic E-state index is 12.2. The standard InChI is InChI=1S/C19H24N2O2/c1-13(22)18-11-15(16-3-2-9-20-12-16)8-10-21-19(18)14-4-6-17(23)7-5-14/h4-7,11,15-16,20,23H,2-3,8-10,12H2,1H3. The molecule has 0 saturated carbocycles. The highest BCUT2D eigenvalue weighted by Gasteiger charge is 2.26. The van der Waals surface area contributed by atoms with Crippen LogP contribution in [0.5, 0.6) is 5.75 Å². The Morgan fingerprint density at radius 3 is 2.70 bits per heavy atom. The first-order chi connectivity index (χ1) is 11.1. The van der Waals surface area contributed by atoms with Crippen molar-refractivity contribution in [2.75, 3.05) is 19.6 Å². The molecule has 0 bridgehead atoms. The molecule has 2 N–H and O–H groups in total. The van der Waals surface area contributed by atoms with E-state index in [0.717, 1.165) is 42.9 Å². The van der Waals surface area contributed by atoms with Gasteiger partial charge in [-0.15, -0.1) is 0 Å². The number of rotatable bonds is 3. The minimum absolute atomic E-state index is 0.0625. The minimum atomic E-state index is 0.0625. The summed E-state index contributed by atoms with van der Waals surface area (Å²) in [5.41, 5.74) is 2.39. The normalized spacial score (nSPS) is 25.3. The van der Waals surface area contributed by atoms with Crippen molar-refractivity contribution in [1.29, 1.82) is 0 Å². The number of Topliss-reactive ketones (excluding diaryl/α,β-unsaturated/α-hetero) is 1. The Morgan fingerprint density at radius 2 is 2.04 bits per heavy atom. The number of phenols is 1. The predicted molar refractivity (Wildman–Crippen MR) is 92.0 cm³/mol. The second-order valence-electron chi connectivity index (χ2n) is 6.47. The molecule has 4 nitrogen and oxygen atoms in total. The first-order valence-electron chi connectivity index (χ1n) is 8.43. The molecule has 1 aromatic carbocycles. The number of carbonyl (C=O) groups excluding carboxylic acids is 1. The number of phenolic OH excluding ortho intramolecular Hbond substituents is 1. The number of aromatic hydroxyl groups is 1. The number of aliphatic imine (C=N–C) groups is 1. The van der Waals surface area contributed by atoms with Crippen molar-refractivity contribution in [2.45, 2.75) is 26.2 Å². The van der Waals surface area contributed by atoms with Gasteiger partial charge >= 0.3 is 0 Å². The van der Waals surface area contributed by atoms with Gasteiger partial charge in [0, 0.05) is 17.7 Å². The van der Waals surface area contributed by atoms with Crippen LogP contribution in [0, 0.1) is 11.8 Å². The summed E-state index contributed by atoms with van der Waals surface area (Å²) in [6.45, 7) is 4.48. The number of allylic oxidation sites excluding steroid dienone is 2. The predicted octanol–water partition coefficient (Wildman–Crippen LogP) is 2.72. The molecule has 1 aromatic rings. The van der Waals surface area contributed by atoms with Gasteiger partial charge < -0.3 is 10.4 Å². The molecular formula is C19H24N2O2. The Bertz CT molecular complexity index is 625. The fourth-order valence-corrected chi connectivity index (χ4v) is 3.55. The van der Waals surface area contributed by atoms with Gasteiger partial charge in [-0.25, -0.2) is 0 Å². The Balaban J connectivity index is 1.91. The van der Waals surface area contributed by atoms with Crippen molar-refractivity contribution in [3.05, 3.63) is 41.5 Å². The summed E-state index contributed by atoms with van der Waals surface area (Å²) in [4.78, 5) is 16.9. The molecule has 2 aliphatic rings. The van der Waals surface area contributed by atoms with Crippen LogP contribution in [-0.4, -0.2) is 36.2 Å². The van der Waals surface area contributed by atoms with E-state index < -0.39 is 0 Å². The maximum Gasteiger partial charge on any atom is 0.161 e. The number of nitrogens with one attached hydrogen (secondary N) is 1. The highest BCUT2D eigenvalue weighted by atomic mass is 16.3. The average molecular weight is 312 g/mol. The lowest BCUT2D eigenvalue weighted by atomic mass is 9.82. The first-order valence-corrected chi connectivity index (χ1v) is 8.43. The lowest BCUT2D eigenvalue weighted by molar-refractivity contribution is -0.113. The Kier molecular flexibility index (Phi) is 4.91. The molecule has 2 aliphatic heterocycles. The highest BCUT2D eigenvalue weighted by molar-refractivity contribution is 6.28. The van der Waals surface area contributed by atoms with Gasteiger partial charge in [0.2, 0.25) is 0 Å². The molecule has 3 rings (SSSR count). The number of piperidine rings is 1. The lowest BCUT2D eigenvalue weighted by Gasteiger charge is -2.28. The number of nitrogens with zero attached hydrogens (tertiary/aromatic N) is 1. The van der Waals surface area contributed by atoms with Crippen LogP contribution in [0.2, 0.25) is 0 Å². The molecule has 0 aromatic heterocycles. The van der Waals surface area contributed by atoms with Crippen molar-refractivity contribution in [3.8, 4) is 5.75 Å². The smallest absolute Gasteiger partial charge is 0.161 e. The summed E-state index contributed by atoms with van der Waals surface area (Å²) >= 11 is 0. The molecule has 2 atom stereocenters. The number of ketones is 1. The molecule has 1 saturated heterocycles. The molecular weight excluding hydrogens is 288 g/mol. The average Bonchev–Trinajstić information content (AvgIpc) is 2.79. The topological polar surface area (TPSA) is 61.7 Å². The molecule has 2 unspecified atom stereocenters. The fraction of sp³-hybridized carbons (Fsp3) is 0.474. The van der Waals surface area contributed by atoms with Gasteiger partial charge in [-0.05, 0) is 75.4 Å². The van der Waals surface area contributed by atoms with E-state index in [4.69, 9.17) is 4.99 Å². The third kappa shape index (κ3) is 3.70. The summed E-state index contributed by atoms with van der Waals surface area (Å²) in [6.07, 6.45) is 5.56. The maximum atomic E-state index is 12.2. The molecule has 122 valence electrons. The first kappa shape index (κ1) is 15.9. The van der Waals surface area contributed by atoms with Gasteiger partial charge in [-0.3, -0.25) is 9.79 Å². The monoisotopic (exact) mass is 312 g/mol. The van der Waals surface area contributed by atoms with Crippen molar-refractivity contribution in [2.24, 2.45) is 16.8 Å². The Hall–Kier alpha value is -1.94. The quantitative estimate of drug-likeness (QED) is 0.902. The van der Waals surface area contributed by atoms with Gasteiger partial charge in [0.25, 0.3) is 0 Å². The summed E-state index contributed by atoms with van der Waals surface area (Å²) in [5, 5.41) is 12.9. The van der Waals surface area contributed by atoms with Gasteiger partial charge in [-0.1, -0.05) is 6.08 Å². The molecule has 0 spiro atoms. The number of carbonyl (C=O) groups is 1. The van der Waals surface area contributed by atoms with Crippen molar-refractivity contribution >= 4 is 11.5 Å². The largest absolute Gasteiger partial charge is 0.508 e. The minimum Gasteiger partial charge on any atom is -0.508 e. The number of benzene rings is 1. The molecule has 23 heavy (non-hydrogen) atoms. The molecule has 0 aliphatic carbocycles. The molecule has 0 amide bonds. The zero-order valence-electron chi connectivity index (χ0n) is 13.6. The number of hydrogen-bond donors (Lipinski definition) is 2. The van der Waals surface area contributed by atoms with E-state index in [2.05, 4.69) is 11.4 Å². The van der Waals surface area contributed by atoms with Crippen LogP contribution in [0.3, 0.4) is 0 Å². The van der Waals surface area contributed by atoms with Gasteiger partial charge in [0.05, 0.1) is 5.71 Å². The van der Waals surface area contributed by atoms with E-state index in [1.807, 2.05) is 12.1 Å². The molecule has 4 heteroatoms. The van der Waals surface area contributed by atoms with E-state index >= 15 is 0 Å². The van der Waals surface area contributed by atoms with Crippen LogP contribution in [-0.2, 0) is 4.79 Å². The van der Waals surface area contributed by atoms with E-state index in [1.54, 1.807) is 19.1 Å². The summed E-state index contributed by atoms with van der Waals surface area (Å²) in [6, 6.07) is 6.94. The van der Waals surface area contributed by atoms with Gasteiger partial charge in [-0.2, -0.15) is 0 Å². The van der Waals surface area contributed by atoms with Crippen LogP contribution in [0.15, 0.2) is 40.9 Å². The second-order valence-corrected chi connectivity index (χ2v) is 6.47. The zero-order chi connectivity index (χ0) is 16.2. The molecule has 0 radical (unpaired) electrons. The summed E-state index contributed by atoms with van der Waals surface area (Å²) in [5.74, 6) is 1.28. The van der Waals surface area contributed by atoms with E-state index in [-0.39, 0.29) is 11.5 Å². The third-order valence-electron chi connectivity index (χ3n) is 4.83. The van der Waals surface area contributed by atoms with Crippen LogP contribution in [0.1, 0.15) is 31.7 Å². The third-order valence-corrected chi connectivity index (χ3v) is 4.83. The van der Waals surface area contributed by atoms with Crippen molar-refractivity contribution < 1.29 is 9.90 Å². The highest BCUT2D eigenvalue weighted by Crippen LogP contribution is 2.29. The van der Waals surface area contributed by atoms with E-state index in [9.17, 15) is 9.90 Å². The van der Waals surface area contributed by atoms with Crippen molar-refractivity contribution in [3.63, 3.8) is 0 Å². The summed E-state index contributed by atoms with van der Waals surface area (Å²) in [7, 11) is 0. The van der Waals surface area contributed by atoms with Crippen LogP contribution in [0.25, 0.3) is 0 Å². The van der Waals surface area contributed by atoms with Gasteiger partial charge in [0.15, 0.2) is 5.78 Å². The number of hydrogen-bond acceptors (Lipinski definition) is 4. The molecule has 1 fully saturated rings. The van der Waals surface area contributed by atoms with E-state index in [0.29, 0.717) is 11.8 Å². The van der Waals surface area contributed by atoms with Crippen LogP contribution in [0.4, 0.5) is 0 Å². The van der Waals surface area contributed by atoms with Crippen LogP contribution < -0.4 is 5.32 Å².